The monoisotopic (exact) mass is 484 g/mol. The van der Waals surface area contributed by atoms with Crippen LogP contribution in [-0.4, -0.2) is 26.4 Å². The number of nitrogens with zero attached hydrogens (tertiary/aromatic N) is 2. The Morgan fingerprint density at radius 1 is 1.11 bits per heavy atom. The van der Waals surface area contributed by atoms with Crippen LogP contribution in [0.25, 0.3) is 10.8 Å². The van der Waals surface area contributed by atoms with Crippen molar-refractivity contribution in [2.45, 2.75) is 32.6 Å². The van der Waals surface area contributed by atoms with Crippen LogP contribution in [0.4, 0.5) is 4.39 Å². The van der Waals surface area contributed by atoms with Crippen molar-refractivity contribution in [1.29, 1.82) is 0 Å². The van der Waals surface area contributed by atoms with Gasteiger partial charge in [0.1, 0.15) is 5.83 Å². The number of carbonyl (C=O) groups excluding carboxylic acids is 1. The fourth-order valence-electron chi connectivity index (χ4n) is 4.33. The molecule has 182 valence electrons. The van der Waals surface area contributed by atoms with E-state index in [2.05, 4.69) is 27.3 Å². The van der Waals surface area contributed by atoms with E-state index in [-0.39, 0.29) is 22.7 Å². The minimum absolute atomic E-state index is 0.0760. The van der Waals surface area contributed by atoms with Gasteiger partial charge in [-0.15, -0.1) is 0 Å². The molecule has 5 rings (SSSR count). The van der Waals surface area contributed by atoms with Gasteiger partial charge in [-0.3, -0.25) is 9.89 Å². The predicted octanol–water partition coefficient (Wildman–Crippen LogP) is 5.21. The molecule has 1 atom stereocenters. The zero-order chi connectivity index (χ0) is 25.1. The van der Waals surface area contributed by atoms with Gasteiger partial charge in [-0.25, -0.2) is 14.3 Å². The van der Waals surface area contributed by atoms with Gasteiger partial charge in [0.15, 0.2) is 11.4 Å². The number of aromatic nitrogens is 4. The van der Waals surface area contributed by atoms with E-state index in [1.54, 1.807) is 12.1 Å². The van der Waals surface area contributed by atoms with Crippen LogP contribution in [0.15, 0.2) is 83.4 Å². The normalized spacial score (nSPS) is 17.2. The molecule has 4 aromatic rings. The standard InChI is InChI=1S/C28H25FN4O3/c1-28(12-9-20(29)10-13-28)14-11-21-16-24(32-30-21)27(35)36-25-17-22(31-33-26(25)34)15-19-7-4-6-18-5-2-3-8-23(18)19/h2-10,12,16-17H,11,13-15H2,1H3,(H,30,32)(H,33,34). The van der Waals surface area contributed by atoms with Crippen molar-refractivity contribution < 1.29 is 13.9 Å². The SMILES string of the molecule is CC1(CCc2cc(C(=O)Oc3cc(Cc4cccc5ccccc45)n[nH]c3=O)n[nH]2)C=CC(F)=CC1. The zero-order valence-electron chi connectivity index (χ0n) is 19.8. The van der Waals surface area contributed by atoms with E-state index in [1.165, 1.54) is 12.1 Å². The molecule has 2 N–H and O–H groups in total. The highest BCUT2D eigenvalue weighted by atomic mass is 19.1. The Hall–Kier alpha value is -4.33. The summed E-state index contributed by atoms with van der Waals surface area (Å²) in [5.41, 5.74) is 1.68. The molecular weight excluding hydrogens is 459 g/mol. The van der Waals surface area contributed by atoms with Crippen molar-refractivity contribution in [3.63, 3.8) is 0 Å². The molecular formula is C28H25FN4O3. The summed E-state index contributed by atoms with van der Waals surface area (Å²) in [6.45, 7) is 2.06. The second-order valence-electron chi connectivity index (χ2n) is 9.32. The number of esters is 1. The summed E-state index contributed by atoms with van der Waals surface area (Å²) in [5.74, 6) is -1.09. The minimum Gasteiger partial charge on any atom is -0.416 e. The zero-order valence-corrected chi connectivity index (χ0v) is 19.8. The maximum Gasteiger partial charge on any atom is 0.364 e. The van der Waals surface area contributed by atoms with E-state index in [9.17, 15) is 14.0 Å². The Balaban J connectivity index is 1.26. The molecule has 0 bridgehead atoms. The molecule has 0 spiro atoms. The van der Waals surface area contributed by atoms with E-state index >= 15 is 0 Å². The van der Waals surface area contributed by atoms with Crippen molar-refractivity contribution in [1.82, 2.24) is 20.4 Å². The fraction of sp³-hybridized carbons (Fsp3) is 0.214. The quantitative estimate of drug-likeness (QED) is 0.351. The van der Waals surface area contributed by atoms with Crippen LogP contribution in [0.1, 0.15) is 47.2 Å². The van der Waals surface area contributed by atoms with E-state index in [4.69, 9.17) is 4.74 Å². The summed E-state index contributed by atoms with van der Waals surface area (Å²) >= 11 is 0. The van der Waals surface area contributed by atoms with Crippen molar-refractivity contribution >= 4 is 16.7 Å². The third-order valence-corrected chi connectivity index (χ3v) is 6.49. The molecule has 0 saturated heterocycles. The molecule has 36 heavy (non-hydrogen) atoms. The number of nitrogens with one attached hydrogen (secondary N) is 2. The predicted molar refractivity (Wildman–Crippen MR) is 135 cm³/mol. The number of aromatic amines is 2. The van der Waals surface area contributed by atoms with E-state index in [0.717, 1.165) is 28.5 Å². The molecule has 0 fully saturated rings. The first-order chi connectivity index (χ1) is 17.4. The number of benzene rings is 2. The second-order valence-corrected chi connectivity index (χ2v) is 9.32. The highest BCUT2D eigenvalue weighted by Gasteiger charge is 2.23. The number of ether oxygens (including phenoxy) is 1. The van der Waals surface area contributed by atoms with Gasteiger partial charge in [-0.05, 0) is 59.2 Å². The number of fused-ring (bicyclic) bond motifs is 1. The van der Waals surface area contributed by atoms with Gasteiger partial charge in [-0.1, -0.05) is 55.5 Å². The van der Waals surface area contributed by atoms with Gasteiger partial charge in [0.2, 0.25) is 0 Å². The lowest BCUT2D eigenvalue weighted by Gasteiger charge is -2.26. The Morgan fingerprint density at radius 2 is 1.94 bits per heavy atom. The van der Waals surface area contributed by atoms with Gasteiger partial charge in [0, 0.05) is 18.2 Å². The molecule has 2 aromatic carbocycles. The molecule has 1 aliphatic carbocycles. The van der Waals surface area contributed by atoms with E-state index < -0.39 is 11.5 Å². The molecule has 7 nitrogen and oxygen atoms in total. The van der Waals surface area contributed by atoms with Crippen LogP contribution in [0.5, 0.6) is 5.75 Å². The first-order valence-corrected chi connectivity index (χ1v) is 11.8. The maximum atomic E-state index is 13.3. The number of allylic oxidation sites excluding steroid dienone is 4. The molecule has 1 unspecified atom stereocenters. The topological polar surface area (TPSA) is 101 Å². The number of hydrogen-bond acceptors (Lipinski definition) is 5. The van der Waals surface area contributed by atoms with Crippen molar-refractivity contribution in [3.05, 3.63) is 112 Å². The Morgan fingerprint density at radius 3 is 2.78 bits per heavy atom. The highest BCUT2D eigenvalue weighted by Crippen LogP contribution is 2.34. The molecule has 2 aromatic heterocycles. The lowest BCUT2D eigenvalue weighted by atomic mass is 9.79. The van der Waals surface area contributed by atoms with Crippen molar-refractivity contribution in [3.8, 4) is 5.75 Å². The summed E-state index contributed by atoms with van der Waals surface area (Å²) in [6, 6.07) is 17.1. The average molecular weight is 485 g/mol. The summed E-state index contributed by atoms with van der Waals surface area (Å²) in [6.07, 6.45) is 7.40. The van der Waals surface area contributed by atoms with Crippen LogP contribution >= 0.6 is 0 Å². The van der Waals surface area contributed by atoms with E-state index in [0.29, 0.717) is 25.0 Å². The first-order valence-electron chi connectivity index (χ1n) is 11.8. The molecule has 1 aliphatic rings. The third kappa shape index (κ3) is 5.17. The van der Waals surface area contributed by atoms with Gasteiger partial charge in [0.05, 0.1) is 5.69 Å². The summed E-state index contributed by atoms with van der Waals surface area (Å²) in [7, 11) is 0. The van der Waals surface area contributed by atoms with Crippen LogP contribution < -0.4 is 10.3 Å². The lowest BCUT2D eigenvalue weighted by Crippen LogP contribution is -2.18. The number of rotatable bonds is 7. The Bertz CT molecular complexity index is 1550. The summed E-state index contributed by atoms with van der Waals surface area (Å²) in [4.78, 5) is 25.0. The average Bonchev–Trinajstić information content (AvgIpc) is 3.37. The lowest BCUT2D eigenvalue weighted by molar-refractivity contribution is 0.0725. The molecule has 0 radical (unpaired) electrons. The maximum absolute atomic E-state index is 13.3. The van der Waals surface area contributed by atoms with Crippen LogP contribution in [-0.2, 0) is 12.8 Å². The van der Waals surface area contributed by atoms with Gasteiger partial charge in [-0.2, -0.15) is 10.2 Å². The van der Waals surface area contributed by atoms with Crippen LogP contribution in [0.3, 0.4) is 0 Å². The molecule has 0 amide bonds. The van der Waals surface area contributed by atoms with Crippen molar-refractivity contribution in [2.75, 3.05) is 0 Å². The minimum atomic E-state index is -0.737. The summed E-state index contributed by atoms with van der Waals surface area (Å²) in [5, 5.41) is 15.6. The number of H-pyrrole nitrogens is 2. The largest absolute Gasteiger partial charge is 0.416 e. The Labute approximate surface area is 206 Å². The third-order valence-electron chi connectivity index (χ3n) is 6.49. The Kier molecular flexibility index (Phi) is 6.33. The highest BCUT2D eigenvalue weighted by molar-refractivity contribution is 5.89. The van der Waals surface area contributed by atoms with Crippen molar-refractivity contribution in [2.24, 2.45) is 5.41 Å². The number of carbonyl (C=O) groups is 1. The molecule has 2 heterocycles. The van der Waals surface area contributed by atoms with Crippen LogP contribution in [0, 0.1) is 5.41 Å². The van der Waals surface area contributed by atoms with Crippen LogP contribution in [0.2, 0.25) is 0 Å². The molecule has 0 aliphatic heterocycles. The number of halogens is 1. The fourth-order valence-corrected chi connectivity index (χ4v) is 4.33. The van der Waals surface area contributed by atoms with Gasteiger partial charge in [0.25, 0.3) is 0 Å². The second kappa shape index (κ2) is 9.73. The first kappa shape index (κ1) is 23.4. The molecule has 8 heteroatoms. The number of hydrogen-bond donors (Lipinski definition) is 2. The van der Waals surface area contributed by atoms with Gasteiger partial charge < -0.3 is 4.74 Å². The molecule has 0 saturated carbocycles. The smallest absolute Gasteiger partial charge is 0.364 e. The van der Waals surface area contributed by atoms with Gasteiger partial charge >= 0.3 is 11.5 Å². The van der Waals surface area contributed by atoms with E-state index in [1.807, 2.05) is 48.5 Å². The summed E-state index contributed by atoms with van der Waals surface area (Å²) < 4.78 is 18.6. The number of aryl methyl sites for hydroxylation is 1.